The van der Waals surface area contributed by atoms with Crippen LogP contribution in [0.3, 0.4) is 0 Å². The fourth-order valence-corrected chi connectivity index (χ4v) is 3.03. The summed E-state index contributed by atoms with van der Waals surface area (Å²) in [7, 11) is 1.41. The summed E-state index contributed by atoms with van der Waals surface area (Å²) in [4.78, 5) is 23.5. The number of ether oxygens (including phenoxy) is 3. The SMILES string of the molecule is COc1ccc(NC(=S)NC(=O)c2ccccc2OCCOc2ccccc2)c([N+](=O)[O-])c1. The Labute approximate surface area is 195 Å². The van der Waals surface area contributed by atoms with Crippen molar-refractivity contribution in [3.63, 3.8) is 0 Å². The number of carbonyl (C=O) groups excluding carboxylic acids is 1. The van der Waals surface area contributed by atoms with Crippen molar-refractivity contribution in [3.8, 4) is 17.2 Å². The van der Waals surface area contributed by atoms with Crippen LogP contribution in [0.5, 0.6) is 17.2 Å². The maximum atomic E-state index is 12.7. The van der Waals surface area contributed by atoms with Gasteiger partial charge in [-0.25, -0.2) is 0 Å². The molecule has 0 aliphatic heterocycles. The van der Waals surface area contributed by atoms with Crippen molar-refractivity contribution >= 4 is 34.6 Å². The first-order chi connectivity index (χ1) is 16.0. The maximum absolute atomic E-state index is 12.7. The molecule has 0 heterocycles. The fraction of sp³-hybridized carbons (Fsp3) is 0.130. The zero-order chi connectivity index (χ0) is 23.6. The Morgan fingerprint density at radius 2 is 1.67 bits per heavy atom. The highest BCUT2D eigenvalue weighted by Gasteiger charge is 2.18. The second kappa shape index (κ2) is 11.4. The van der Waals surface area contributed by atoms with Crippen LogP contribution in [0.25, 0.3) is 0 Å². The van der Waals surface area contributed by atoms with Gasteiger partial charge in [0.25, 0.3) is 11.6 Å². The standard InChI is InChI=1S/C23H21N3O6S/c1-30-17-11-12-19(20(15-17)26(28)29)24-23(33)25-22(27)18-9-5-6-10-21(18)32-14-13-31-16-7-3-2-4-8-16/h2-12,15H,13-14H2,1H3,(H2,24,25,27,33). The largest absolute Gasteiger partial charge is 0.496 e. The number of nitro benzene ring substituents is 1. The van der Waals surface area contributed by atoms with E-state index in [0.29, 0.717) is 18.1 Å². The van der Waals surface area contributed by atoms with E-state index < -0.39 is 10.8 Å². The normalized spacial score (nSPS) is 10.1. The summed E-state index contributed by atoms with van der Waals surface area (Å²) < 4.78 is 16.3. The third-order valence-electron chi connectivity index (χ3n) is 4.36. The van der Waals surface area contributed by atoms with E-state index >= 15 is 0 Å². The lowest BCUT2D eigenvalue weighted by atomic mass is 10.2. The number of hydrogen-bond donors (Lipinski definition) is 2. The highest BCUT2D eigenvalue weighted by Crippen LogP contribution is 2.29. The number of anilines is 1. The van der Waals surface area contributed by atoms with Gasteiger partial charge in [-0.3, -0.25) is 20.2 Å². The molecule has 170 valence electrons. The van der Waals surface area contributed by atoms with Crippen molar-refractivity contribution in [2.24, 2.45) is 0 Å². The number of para-hydroxylation sites is 2. The Morgan fingerprint density at radius 1 is 0.970 bits per heavy atom. The number of rotatable bonds is 9. The van der Waals surface area contributed by atoms with Gasteiger partial charge >= 0.3 is 0 Å². The van der Waals surface area contributed by atoms with Gasteiger partial charge in [-0.15, -0.1) is 0 Å². The minimum atomic E-state index is -0.573. The van der Waals surface area contributed by atoms with E-state index in [-0.39, 0.29) is 28.7 Å². The van der Waals surface area contributed by atoms with Crippen molar-refractivity contribution in [1.82, 2.24) is 5.32 Å². The zero-order valence-corrected chi connectivity index (χ0v) is 18.5. The average Bonchev–Trinajstić information content (AvgIpc) is 2.82. The third-order valence-corrected chi connectivity index (χ3v) is 4.57. The number of nitro groups is 1. The van der Waals surface area contributed by atoms with Crippen LogP contribution in [-0.4, -0.2) is 36.3 Å². The molecule has 0 unspecified atom stereocenters. The van der Waals surface area contributed by atoms with Crippen LogP contribution in [0.4, 0.5) is 11.4 Å². The number of benzene rings is 3. The number of nitrogens with zero attached hydrogens (tertiary/aromatic N) is 1. The van der Waals surface area contributed by atoms with Crippen molar-refractivity contribution in [2.45, 2.75) is 0 Å². The molecule has 2 N–H and O–H groups in total. The summed E-state index contributed by atoms with van der Waals surface area (Å²) in [6.45, 7) is 0.515. The lowest BCUT2D eigenvalue weighted by Crippen LogP contribution is -2.34. The molecule has 3 rings (SSSR count). The summed E-state index contributed by atoms with van der Waals surface area (Å²) in [5.74, 6) is 0.869. The first-order valence-corrected chi connectivity index (χ1v) is 10.2. The molecule has 33 heavy (non-hydrogen) atoms. The molecule has 1 amide bonds. The molecule has 0 aliphatic carbocycles. The lowest BCUT2D eigenvalue weighted by molar-refractivity contribution is -0.384. The molecular formula is C23H21N3O6S. The Morgan fingerprint density at radius 3 is 2.39 bits per heavy atom. The van der Waals surface area contributed by atoms with Crippen molar-refractivity contribution in [1.29, 1.82) is 0 Å². The minimum absolute atomic E-state index is 0.101. The maximum Gasteiger partial charge on any atom is 0.296 e. The molecule has 10 heteroatoms. The fourth-order valence-electron chi connectivity index (χ4n) is 2.83. The first-order valence-electron chi connectivity index (χ1n) is 9.82. The minimum Gasteiger partial charge on any atom is -0.496 e. The topological polar surface area (TPSA) is 112 Å². The van der Waals surface area contributed by atoms with Gasteiger partial charge in [0.1, 0.15) is 36.1 Å². The summed E-state index contributed by atoms with van der Waals surface area (Å²) >= 11 is 5.17. The van der Waals surface area contributed by atoms with Crippen molar-refractivity contribution in [3.05, 3.63) is 88.5 Å². The number of hydrogen-bond acceptors (Lipinski definition) is 7. The van der Waals surface area contributed by atoms with Gasteiger partial charge in [0.2, 0.25) is 0 Å². The van der Waals surface area contributed by atoms with Crippen LogP contribution in [-0.2, 0) is 0 Å². The van der Waals surface area contributed by atoms with Crippen molar-refractivity contribution < 1.29 is 23.9 Å². The van der Waals surface area contributed by atoms with Crippen LogP contribution in [0.15, 0.2) is 72.8 Å². The molecule has 0 aromatic heterocycles. The van der Waals surface area contributed by atoms with E-state index in [9.17, 15) is 14.9 Å². The Bertz CT molecular complexity index is 1140. The van der Waals surface area contributed by atoms with E-state index in [0.717, 1.165) is 5.75 Å². The highest BCUT2D eigenvalue weighted by molar-refractivity contribution is 7.80. The first kappa shape index (κ1) is 23.5. The molecule has 0 spiro atoms. The van der Waals surface area contributed by atoms with Crippen LogP contribution in [0, 0.1) is 10.1 Å². The quantitative estimate of drug-likeness (QED) is 0.209. The predicted molar refractivity (Wildman–Crippen MR) is 127 cm³/mol. The van der Waals surface area contributed by atoms with Gasteiger partial charge in [0.05, 0.1) is 23.7 Å². The lowest BCUT2D eigenvalue weighted by Gasteiger charge is -2.14. The zero-order valence-electron chi connectivity index (χ0n) is 17.6. The highest BCUT2D eigenvalue weighted by atomic mass is 32.1. The average molecular weight is 468 g/mol. The number of nitrogens with one attached hydrogen (secondary N) is 2. The molecule has 0 atom stereocenters. The molecule has 9 nitrogen and oxygen atoms in total. The van der Waals surface area contributed by atoms with Crippen LogP contribution < -0.4 is 24.8 Å². The van der Waals surface area contributed by atoms with Gasteiger partial charge in [0, 0.05) is 0 Å². The van der Waals surface area contributed by atoms with Gasteiger partial charge < -0.3 is 19.5 Å². The number of amides is 1. The Kier molecular flexibility index (Phi) is 8.14. The van der Waals surface area contributed by atoms with Gasteiger partial charge in [-0.2, -0.15) is 0 Å². The van der Waals surface area contributed by atoms with Gasteiger partial charge in [-0.1, -0.05) is 30.3 Å². The molecule has 0 aliphatic rings. The number of carbonyl (C=O) groups is 1. The molecular weight excluding hydrogens is 446 g/mol. The molecule has 0 radical (unpaired) electrons. The molecule has 0 bridgehead atoms. The van der Waals surface area contributed by atoms with Crippen LogP contribution in [0.1, 0.15) is 10.4 Å². The summed E-state index contributed by atoms with van der Waals surface area (Å²) in [6, 6.07) is 20.2. The van der Waals surface area contributed by atoms with E-state index in [1.54, 1.807) is 30.3 Å². The molecule has 3 aromatic rings. The van der Waals surface area contributed by atoms with Crippen LogP contribution >= 0.6 is 12.2 Å². The van der Waals surface area contributed by atoms with E-state index in [4.69, 9.17) is 26.4 Å². The van der Waals surface area contributed by atoms with E-state index in [1.807, 2.05) is 30.3 Å². The summed E-state index contributed by atoms with van der Waals surface area (Å²) in [6.07, 6.45) is 0. The monoisotopic (exact) mass is 467 g/mol. The number of methoxy groups -OCH3 is 1. The second-order valence-corrected chi connectivity index (χ2v) is 6.96. The molecule has 0 saturated carbocycles. The van der Waals surface area contributed by atoms with Gasteiger partial charge in [-0.05, 0) is 48.6 Å². The summed E-state index contributed by atoms with van der Waals surface area (Å²) in [5, 5.41) is 16.4. The number of thiocarbonyl (C=S) groups is 1. The predicted octanol–water partition coefficient (Wildman–Crippen LogP) is 4.19. The van der Waals surface area contributed by atoms with E-state index in [2.05, 4.69) is 10.6 Å². The molecule has 0 saturated heterocycles. The van der Waals surface area contributed by atoms with Gasteiger partial charge in [0.15, 0.2) is 5.11 Å². The van der Waals surface area contributed by atoms with Crippen molar-refractivity contribution in [2.75, 3.05) is 25.6 Å². The third kappa shape index (κ3) is 6.65. The van der Waals surface area contributed by atoms with E-state index in [1.165, 1.54) is 19.2 Å². The smallest absolute Gasteiger partial charge is 0.296 e. The molecule has 3 aromatic carbocycles. The second-order valence-electron chi connectivity index (χ2n) is 6.55. The van der Waals surface area contributed by atoms with Crippen LogP contribution in [0.2, 0.25) is 0 Å². The molecule has 0 fully saturated rings. The summed E-state index contributed by atoms with van der Waals surface area (Å²) in [5.41, 5.74) is 0.132. The Balaban J connectivity index is 1.60. The Hall–Kier alpha value is -4.18.